The first-order valence-electron chi connectivity index (χ1n) is 3.10. The molecule has 0 aliphatic heterocycles. The molecule has 3 nitrogen and oxygen atoms in total. The average molecular weight is 211 g/mol. The maximum atomic E-state index is 12.1. The molecule has 7 heteroatoms. The number of aryl methyl sites for hydroxylation is 1. The van der Waals surface area contributed by atoms with E-state index in [1.807, 2.05) is 0 Å². The fourth-order valence-corrected chi connectivity index (χ4v) is 1.54. The Kier molecular flexibility index (Phi) is 2.29. The highest BCUT2D eigenvalue weighted by Gasteiger charge is 2.38. The van der Waals surface area contributed by atoms with Crippen molar-refractivity contribution in [1.82, 2.24) is 4.98 Å². The zero-order valence-electron chi connectivity index (χ0n) is 6.34. The van der Waals surface area contributed by atoms with Crippen LogP contribution in [0.5, 0.6) is 0 Å². The van der Waals surface area contributed by atoms with Crippen LogP contribution < -0.4 is 0 Å². The molecule has 1 rings (SSSR count). The third-order valence-corrected chi connectivity index (χ3v) is 2.21. The van der Waals surface area contributed by atoms with Crippen molar-refractivity contribution < 1.29 is 23.1 Å². The van der Waals surface area contributed by atoms with Crippen LogP contribution in [0.4, 0.5) is 13.2 Å². The monoisotopic (exact) mass is 211 g/mol. The quantitative estimate of drug-likeness (QED) is 0.774. The molecule has 0 atom stereocenters. The first-order chi connectivity index (χ1) is 5.82. The van der Waals surface area contributed by atoms with Gasteiger partial charge in [-0.1, -0.05) is 0 Å². The molecule has 1 aromatic rings. The zero-order chi connectivity index (χ0) is 10.2. The van der Waals surface area contributed by atoms with Gasteiger partial charge in [0.05, 0.1) is 5.01 Å². The van der Waals surface area contributed by atoms with E-state index in [9.17, 15) is 18.0 Å². The summed E-state index contributed by atoms with van der Waals surface area (Å²) in [6, 6.07) is 0. The van der Waals surface area contributed by atoms with Crippen LogP contribution in [0.15, 0.2) is 0 Å². The van der Waals surface area contributed by atoms with Crippen LogP contribution in [-0.4, -0.2) is 16.1 Å². The van der Waals surface area contributed by atoms with Gasteiger partial charge in [-0.25, -0.2) is 9.78 Å². The van der Waals surface area contributed by atoms with Crippen LogP contribution in [0, 0.1) is 6.92 Å². The molecule has 1 heterocycles. The number of carbonyl (C=O) groups is 1. The highest BCUT2D eigenvalue weighted by Crippen LogP contribution is 2.36. The molecule has 0 radical (unpaired) electrons. The van der Waals surface area contributed by atoms with Gasteiger partial charge in [-0.15, -0.1) is 11.3 Å². The van der Waals surface area contributed by atoms with Crippen molar-refractivity contribution in [3.05, 3.63) is 15.6 Å². The second-order valence-corrected chi connectivity index (χ2v) is 3.42. The summed E-state index contributed by atoms with van der Waals surface area (Å²) >= 11 is 0.333. The minimum atomic E-state index is -4.64. The van der Waals surface area contributed by atoms with Crippen LogP contribution in [0.2, 0.25) is 0 Å². The second kappa shape index (κ2) is 2.99. The van der Waals surface area contributed by atoms with Crippen LogP contribution in [0.3, 0.4) is 0 Å². The minimum Gasteiger partial charge on any atom is -0.476 e. The summed E-state index contributed by atoms with van der Waals surface area (Å²) in [6.45, 7) is 1.33. The first-order valence-corrected chi connectivity index (χ1v) is 3.92. The molecule has 0 fully saturated rings. The van der Waals surface area contributed by atoms with Crippen molar-refractivity contribution in [3.63, 3.8) is 0 Å². The lowest BCUT2D eigenvalue weighted by Crippen LogP contribution is -2.10. The van der Waals surface area contributed by atoms with Crippen molar-refractivity contribution in [1.29, 1.82) is 0 Å². The van der Waals surface area contributed by atoms with Crippen molar-refractivity contribution in [3.8, 4) is 0 Å². The molecular weight excluding hydrogens is 207 g/mol. The largest absolute Gasteiger partial charge is 0.476 e. The lowest BCUT2D eigenvalue weighted by molar-refractivity contribution is -0.135. The zero-order valence-corrected chi connectivity index (χ0v) is 7.16. The highest BCUT2D eigenvalue weighted by molar-refractivity contribution is 7.12. The third-order valence-electron chi connectivity index (χ3n) is 1.19. The maximum absolute atomic E-state index is 12.1. The SMILES string of the molecule is Cc1nc(C(=O)O)c(C(F)(F)F)s1. The van der Waals surface area contributed by atoms with E-state index in [0.29, 0.717) is 11.3 Å². The van der Waals surface area contributed by atoms with Crippen molar-refractivity contribution in [2.24, 2.45) is 0 Å². The second-order valence-electron chi connectivity index (χ2n) is 2.21. The predicted molar refractivity (Wildman–Crippen MR) is 38.8 cm³/mol. The van der Waals surface area contributed by atoms with Crippen molar-refractivity contribution in [2.75, 3.05) is 0 Å². The van der Waals surface area contributed by atoms with Crippen molar-refractivity contribution in [2.45, 2.75) is 13.1 Å². The third kappa shape index (κ3) is 1.97. The average Bonchev–Trinajstić information content (AvgIpc) is 2.29. The van der Waals surface area contributed by atoms with Crippen LogP contribution in [0.25, 0.3) is 0 Å². The molecule has 0 saturated carbocycles. The Balaban J connectivity index is 3.28. The van der Waals surface area contributed by atoms with Gasteiger partial charge in [0.1, 0.15) is 4.88 Å². The normalized spacial score (nSPS) is 11.7. The molecular formula is C6H4F3NO2S. The number of rotatable bonds is 1. The van der Waals surface area contributed by atoms with Gasteiger partial charge in [-0.05, 0) is 6.92 Å². The lowest BCUT2D eigenvalue weighted by atomic mass is 10.3. The number of alkyl halides is 3. The van der Waals surface area contributed by atoms with Crippen LogP contribution >= 0.6 is 11.3 Å². The van der Waals surface area contributed by atoms with E-state index in [0.717, 1.165) is 0 Å². The standard InChI is InChI=1S/C6H4F3NO2S/c1-2-10-3(5(11)12)4(13-2)6(7,8)9/h1H3,(H,11,12). The Morgan fingerprint density at radius 3 is 2.38 bits per heavy atom. The van der Waals surface area contributed by atoms with E-state index in [4.69, 9.17) is 5.11 Å². The summed E-state index contributed by atoms with van der Waals surface area (Å²) in [5.41, 5.74) is -0.921. The molecule has 0 aliphatic rings. The fourth-order valence-electron chi connectivity index (χ4n) is 0.764. The predicted octanol–water partition coefficient (Wildman–Crippen LogP) is 2.17. The Hall–Kier alpha value is -1.11. The molecule has 0 spiro atoms. The van der Waals surface area contributed by atoms with Crippen LogP contribution in [0.1, 0.15) is 20.4 Å². The number of hydrogen-bond donors (Lipinski definition) is 1. The van der Waals surface area contributed by atoms with Gasteiger partial charge in [-0.2, -0.15) is 13.2 Å². The number of nitrogens with zero attached hydrogens (tertiary/aromatic N) is 1. The molecule has 0 aliphatic carbocycles. The number of aromatic carboxylic acids is 1. The summed E-state index contributed by atoms with van der Waals surface area (Å²) in [7, 11) is 0. The number of halogens is 3. The van der Waals surface area contributed by atoms with Crippen LogP contribution in [-0.2, 0) is 6.18 Å². The maximum Gasteiger partial charge on any atom is 0.428 e. The van der Waals surface area contributed by atoms with Gasteiger partial charge in [0.15, 0.2) is 5.69 Å². The summed E-state index contributed by atoms with van der Waals surface area (Å²) in [4.78, 5) is 12.4. The summed E-state index contributed by atoms with van der Waals surface area (Å²) in [6.07, 6.45) is -4.64. The Labute approximate surface area is 74.8 Å². The lowest BCUT2D eigenvalue weighted by Gasteiger charge is -2.02. The molecule has 72 valence electrons. The van der Waals surface area contributed by atoms with Gasteiger partial charge < -0.3 is 5.11 Å². The Morgan fingerprint density at radius 2 is 2.08 bits per heavy atom. The Bertz CT molecular complexity index is 344. The van der Waals surface area contributed by atoms with Gasteiger partial charge in [0.2, 0.25) is 0 Å². The van der Waals surface area contributed by atoms with E-state index in [1.165, 1.54) is 6.92 Å². The molecule has 0 unspecified atom stereocenters. The van der Waals surface area contributed by atoms with E-state index in [1.54, 1.807) is 0 Å². The topological polar surface area (TPSA) is 50.2 Å². The summed E-state index contributed by atoms with van der Waals surface area (Å²) in [5.74, 6) is -1.66. The van der Waals surface area contributed by atoms with Gasteiger partial charge >= 0.3 is 12.1 Å². The molecule has 13 heavy (non-hydrogen) atoms. The molecule has 1 N–H and O–H groups in total. The van der Waals surface area contributed by atoms with E-state index in [-0.39, 0.29) is 5.01 Å². The Morgan fingerprint density at radius 1 is 1.54 bits per heavy atom. The number of hydrogen-bond acceptors (Lipinski definition) is 3. The smallest absolute Gasteiger partial charge is 0.428 e. The summed E-state index contributed by atoms with van der Waals surface area (Å²) < 4.78 is 36.4. The number of thiazole rings is 1. The van der Waals surface area contributed by atoms with Gasteiger partial charge in [-0.3, -0.25) is 0 Å². The molecule has 0 saturated heterocycles. The van der Waals surface area contributed by atoms with Gasteiger partial charge in [0, 0.05) is 0 Å². The highest BCUT2D eigenvalue weighted by atomic mass is 32.1. The van der Waals surface area contributed by atoms with E-state index in [2.05, 4.69) is 4.98 Å². The van der Waals surface area contributed by atoms with Crippen molar-refractivity contribution >= 4 is 17.3 Å². The molecule has 1 aromatic heterocycles. The molecule has 0 bridgehead atoms. The van der Waals surface area contributed by atoms with E-state index >= 15 is 0 Å². The molecule has 0 aromatic carbocycles. The number of carboxylic acid groups (broad SMARTS) is 1. The summed E-state index contributed by atoms with van der Waals surface area (Å²) in [5, 5.41) is 8.47. The minimum absolute atomic E-state index is 0.0877. The van der Waals surface area contributed by atoms with Gasteiger partial charge in [0.25, 0.3) is 0 Å². The van der Waals surface area contributed by atoms with E-state index < -0.39 is 22.7 Å². The fraction of sp³-hybridized carbons (Fsp3) is 0.333. The first kappa shape index (κ1) is 9.97. The molecule has 0 amide bonds. The number of carboxylic acids is 1. The number of aromatic nitrogens is 1.